The van der Waals surface area contributed by atoms with E-state index in [-0.39, 0.29) is 49.6 Å². The molecule has 1 heterocycles. The van der Waals surface area contributed by atoms with Crippen molar-refractivity contribution >= 4 is 28.9 Å². The number of nitrogens with zero attached hydrogens (tertiary/aromatic N) is 3. The molecule has 1 saturated carbocycles. The lowest BCUT2D eigenvalue weighted by molar-refractivity contribution is -0.384. The van der Waals surface area contributed by atoms with Crippen LogP contribution >= 0.6 is 0 Å². The average molecular weight is 476 g/mol. The Kier molecular flexibility index (Phi) is 6.20. The fourth-order valence-electron chi connectivity index (χ4n) is 4.10. The Balaban J connectivity index is 1.42. The SMILES string of the molecule is CC1CC1C(=O)Nc1cccc(C(=O)N2CCN(c3ccc(C(F)(F)F)cc3[N+](=O)[O-])CC2)c1. The first-order valence-electron chi connectivity index (χ1n) is 10.9. The van der Waals surface area contributed by atoms with Gasteiger partial charge in [0.25, 0.3) is 11.6 Å². The molecule has 8 nitrogen and oxygen atoms in total. The van der Waals surface area contributed by atoms with E-state index in [4.69, 9.17) is 0 Å². The molecule has 2 fully saturated rings. The molecule has 4 rings (SSSR count). The van der Waals surface area contributed by atoms with E-state index in [1.165, 1.54) is 0 Å². The van der Waals surface area contributed by atoms with Crippen LogP contribution in [-0.2, 0) is 11.0 Å². The van der Waals surface area contributed by atoms with Crippen LogP contribution < -0.4 is 10.2 Å². The van der Waals surface area contributed by atoms with E-state index in [0.29, 0.717) is 23.2 Å². The topological polar surface area (TPSA) is 95.8 Å². The standard InChI is InChI=1S/C23H23F3N4O4/c1-14-11-18(14)21(31)27-17-4-2-3-15(12-17)22(32)29-9-7-28(8-10-29)19-6-5-16(23(24,25)26)13-20(19)30(33)34/h2-6,12-14,18H,7-11H2,1H3,(H,27,31). The van der Waals surface area contributed by atoms with Crippen molar-refractivity contribution in [3.05, 3.63) is 63.7 Å². The molecule has 1 aliphatic carbocycles. The summed E-state index contributed by atoms with van der Waals surface area (Å²) in [5.41, 5.74) is -0.684. The average Bonchev–Trinajstić information content (AvgIpc) is 3.54. The summed E-state index contributed by atoms with van der Waals surface area (Å²) in [7, 11) is 0. The molecule has 1 saturated heterocycles. The van der Waals surface area contributed by atoms with Crippen LogP contribution in [0.25, 0.3) is 0 Å². The number of piperazine rings is 1. The van der Waals surface area contributed by atoms with E-state index in [1.54, 1.807) is 34.1 Å². The van der Waals surface area contributed by atoms with Gasteiger partial charge in [-0.15, -0.1) is 0 Å². The lowest BCUT2D eigenvalue weighted by Crippen LogP contribution is -2.49. The highest BCUT2D eigenvalue weighted by Gasteiger charge is 2.39. The van der Waals surface area contributed by atoms with Gasteiger partial charge in [0.2, 0.25) is 5.91 Å². The lowest BCUT2D eigenvalue weighted by atomic mass is 10.1. The highest BCUT2D eigenvalue weighted by Crippen LogP contribution is 2.39. The molecule has 0 spiro atoms. The minimum Gasteiger partial charge on any atom is -0.362 e. The van der Waals surface area contributed by atoms with E-state index in [1.807, 2.05) is 6.92 Å². The minimum atomic E-state index is -4.68. The summed E-state index contributed by atoms with van der Waals surface area (Å²) in [5, 5.41) is 14.2. The van der Waals surface area contributed by atoms with E-state index in [9.17, 15) is 32.9 Å². The van der Waals surface area contributed by atoms with E-state index in [0.717, 1.165) is 18.6 Å². The Morgan fingerprint density at radius 2 is 1.76 bits per heavy atom. The van der Waals surface area contributed by atoms with Crippen LogP contribution in [0.3, 0.4) is 0 Å². The fraction of sp³-hybridized carbons (Fsp3) is 0.391. The largest absolute Gasteiger partial charge is 0.416 e. The van der Waals surface area contributed by atoms with Crippen LogP contribution in [0.4, 0.5) is 30.2 Å². The van der Waals surface area contributed by atoms with Gasteiger partial charge in [0.1, 0.15) is 5.69 Å². The summed E-state index contributed by atoms with van der Waals surface area (Å²) in [6.07, 6.45) is -3.83. The van der Waals surface area contributed by atoms with Gasteiger partial charge in [0, 0.05) is 49.4 Å². The minimum absolute atomic E-state index is 0.00156. The van der Waals surface area contributed by atoms with Gasteiger partial charge in [-0.3, -0.25) is 19.7 Å². The number of carbonyl (C=O) groups excluding carboxylic acids is 2. The fourth-order valence-corrected chi connectivity index (χ4v) is 4.10. The summed E-state index contributed by atoms with van der Waals surface area (Å²) < 4.78 is 38.9. The molecule has 0 aromatic heterocycles. The Bertz CT molecular complexity index is 1130. The third-order valence-corrected chi connectivity index (χ3v) is 6.23. The van der Waals surface area contributed by atoms with E-state index >= 15 is 0 Å². The summed E-state index contributed by atoms with van der Waals surface area (Å²) in [6, 6.07) is 9.11. The number of alkyl halides is 3. The predicted molar refractivity (Wildman–Crippen MR) is 119 cm³/mol. The zero-order chi connectivity index (χ0) is 24.6. The zero-order valence-corrected chi connectivity index (χ0v) is 18.3. The van der Waals surface area contributed by atoms with E-state index in [2.05, 4.69) is 5.32 Å². The number of nitro groups is 1. The van der Waals surface area contributed by atoms with Crippen molar-refractivity contribution in [3.63, 3.8) is 0 Å². The number of amides is 2. The van der Waals surface area contributed by atoms with Gasteiger partial charge in [-0.1, -0.05) is 13.0 Å². The van der Waals surface area contributed by atoms with Gasteiger partial charge in [-0.25, -0.2) is 0 Å². The smallest absolute Gasteiger partial charge is 0.362 e. The highest BCUT2D eigenvalue weighted by atomic mass is 19.4. The molecule has 2 unspecified atom stereocenters. The van der Waals surface area contributed by atoms with Crippen LogP contribution in [0, 0.1) is 22.0 Å². The lowest BCUT2D eigenvalue weighted by Gasteiger charge is -2.36. The second-order valence-corrected chi connectivity index (χ2v) is 8.63. The Morgan fingerprint density at radius 3 is 2.35 bits per heavy atom. The van der Waals surface area contributed by atoms with Crippen LogP contribution in [0.15, 0.2) is 42.5 Å². The quantitative estimate of drug-likeness (QED) is 0.516. The summed E-state index contributed by atoms with van der Waals surface area (Å²) in [4.78, 5) is 38.9. The molecule has 34 heavy (non-hydrogen) atoms. The normalized spacial score (nSPS) is 20.1. The van der Waals surface area contributed by atoms with Gasteiger partial charge in [-0.05, 0) is 42.7 Å². The van der Waals surface area contributed by atoms with Gasteiger partial charge < -0.3 is 15.1 Å². The molecule has 2 aromatic rings. The van der Waals surface area contributed by atoms with Crippen molar-refractivity contribution in [2.45, 2.75) is 19.5 Å². The van der Waals surface area contributed by atoms with Crippen LogP contribution in [0.5, 0.6) is 0 Å². The Labute approximate surface area is 193 Å². The number of hydrogen-bond donors (Lipinski definition) is 1. The molecule has 11 heteroatoms. The summed E-state index contributed by atoms with van der Waals surface area (Å²) in [6.45, 7) is 2.95. The molecule has 0 radical (unpaired) electrons. The third-order valence-electron chi connectivity index (χ3n) is 6.23. The van der Waals surface area contributed by atoms with Crippen LogP contribution in [-0.4, -0.2) is 47.8 Å². The molecule has 1 aliphatic heterocycles. The number of carbonyl (C=O) groups is 2. The molecular weight excluding hydrogens is 453 g/mol. The highest BCUT2D eigenvalue weighted by molar-refractivity contribution is 5.98. The maximum atomic E-state index is 13.0. The van der Waals surface area contributed by atoms with Crippen molar-refractivity contribution in [2.75, 3.05) is 36.4 Å². The number of hydrogen-bond acceptors (Lipinski definition) is 5. The number of nitrogens with one attached hydrogen (secondary N) is 1. The summed E-state index contributed by atoms with van der Waals surface area (Å²) >= 11 is 0. The van der Waals surface area contributed by atoms with Crippen LogP contribution in [0.2, 0.25) is 0 Å². The number of rotatable bonds is 5. The van der Waals surface area contributed by atoms with Gasteiger partial charge in [-0.2, -0.15) is 13.2 Å². The molecule has 180 valence electrons. The first-order chi connectivity index (χ1) is 16.0. The molecule has 1 N–H and O–H groups in total. The van der Waals surface area contributed by atoms with Crippen molar-refractivity contribution in [1.82, 2.24) is 4.90 Å². The third kappa shape index (κ3) is 4.97. The number of anilines is 2. The first kappa shape index (κ1) is 23.5. The van der Waals surface area contributed by atoms with Crippen LogP contribution in [0.1, 0.15) is 29.3 Å². The van der Waals surface area contributed by atoms with Crippen molar-refractivity contribution in [3.8, 4) is 0 Å². The molecular formula is C23H23F3N4O4. The maximum Gasteiger partial charge on any atom is 0.416 e. The zero-order valence-electron chi connectivity index (χ0n) is 18.3. The van der Waals surface area contributed by atoms with Gasteiger partial charge in [0.15, 0.2) is 0 Å². The molecule has 0 bridgehead atoms. The number of halogens is 3. The molecule has 2 amide bonds. The van der Waals surface area contributed by atoms with Crippen molar-refractivity contribution < 1.29 is 27.7 Å². The van der Waals surface area contributed by atoms with Crippen molar-refractivity contribution in [1.29, 1.82) is 0 Å². The molecule has 2 aromatic carbocycles. The number of benzene rings is 2. The predicted octanol–water partition coefficient (Wildman–Crippen LogP) is 4.17. The first-order valence-corrected chi connectivity index (χ1v) is 10.9. The number of nitro benzene ring substituents is 1. The van der Waals surface area contributed by atoms with Crippen molar-refractivity contribution in [2.24, 2.45) is 11.8 Å². The second kappa shape index (κ2) is 8.96. The second-order valence-electron chi connectivity index (χ2n) is 8.63. The van der Waals surface area contributed by atoms with E-state index < -0.39 is 22.4 Å². The molecule has 2 atom stereocenters. The summed E-state index contributed by atoms with van der Waals surface area (Å²) in [5.74, 6) is 0.0459. The monoisotopic (exact) mass is 476 g/mol. The maximum absolute atomic E-state index is 13.0. The van der Waals surface area contributed by atoms with Gasteiger partial charge in [0.05, 0.1) is 10.5 Å². The Hall–Kier alpha value is -3.63. The molecule has 2 aliphatic rings. The Morgan fingerprint density at radius 1 is 1.09 bits per heavy atom. The van der Waals surface area contributed by atoms with Gasteiger partial charge >= 0.3 is 6.18 Å².